The summed E-state index contributed by atoms with van der Waals surface area (Å²) < 4.78 is 10.5. The summed E-state index contributed by atoms with van der Waals surface area (Å²) in [7, 11) is 1.65. The second-order valence-electron chi connectivity index (χ2n) is 3.79. The minimum Gasteiger partial charge on any atom is -0.497 e. The van der Waals surface area contributed by atoms with Gasteiger partial charge in [0.2, 0.25) is 5.91 Å². The molecule has 4 nitrogen and oxygen atoms in total. The van der Waals surface area contributed by atoms with Crippen LogP contribution in [0, 0.1) is 0 Å². The molecule has 0 bridgehead atoms. The highest BCUT2D eigenvalue weighted by atomic mass is 16.5. The maximum atomic E-state index is 10.9. The number of benzene rings is 1. The molecule has 1 aromatic rings. The summed E-state index contributed by atoms with van der Waals surface area (Å²) in [6, 6.07) is 7.88. The fraction of sp³-hybridized carbons (Fsp3) is 0.417. The predicted molar refractivity (Wildman–Crippen MR) is 59.4 cm³/mol. The van der Waals surface area contributed by atoms with Crippen LogP contribution in [0.1, 0.15) is 5.56 Å². The van der Waals surface area contributed by atoms with Crippen molar-refractivity contribution in [3.63, 3.8) is 0 Å². The Morgan fingerprint density at radius 1 is 1.44 bits per heavy atom. The van der Waals surface area contributed by atoms with Gasteiger partial charge >= 0.3 is 0 Å². The van der Waals surface area contributed by atoms with Crippen molar-refractivity contribution >= 4 is 5.91 Å². The van der Waals surface area contributed by atoms with E-state index in [1.807, 2.05) is 24.3 Å². The molecule has 0 spiro atoms. The number of hydrogen-bond donors (Lipinski definition) is 1. The first-order chi connectivity index (χ1) is 7.78. The molecule has 1 aliphatic rings. The van der Waals surface area contributed by atoms with Gasteiger partial charge in [0.1, 0.15) is 12.4 Å². The third-order valence-electron chi connectivity index (χ3n) is 2.60. The lowest BCUT2D eigenvalue weighted by Crippen LogP contribution is -2.43. The van der Waals surface area contributed by atoms with Gasteiger partial charge in [-0.25, -0.2) is 0 Å². The summed E-state index contributed by atoms with van der Waals surface area (Å²) in [4.78, 5) is 10.9. The number of methoxy groups -OCH3 is 1. The number of hydrogen-bond acceptors (Lipinski definition) is 3. The fourth-order valence-electron chi connectivity index (χ4n) is 1.69. The number of carbonyl (C=O) groups is 1. The molecule has 1 fully saturated rings. The van der Waals surface area contributed by atoms with Crippen LogP contribution < -0.4 is 10.1 Å². The van der Waals surface area contributed by atoms with Crippen LogP contribution in [0.3, 0.4) is 0 Å². The molecular formula is C12H15NO3. The van der Waals surface area contributed by atoms with Crippen LogP contribution in [0.4, 0.5) is 0 Å². The van der Waals surface area contributed by atoms with E-state index in [0.29, 0.717) is 6.54 Å². The Morgan fingerprint density at radius 2 is 2.19 bits per heavy atom. The normalized spacial score (nSPS) is 20.3. The Hall–Kier alpha value is -1.55. The summed E-state index contributed by atoms with van der Waals surface area (Å²) in [5.74, 6) is 0.813. The maximum Gasteiger partial charge on any atom is 0.246 e. The zero-order valence-corrected chi connectivity index (χ0v) is 9.23. The standard InChI is InChI=1S/C12H15NO3/c1-15-10-4-2-9(3-5-10)6-11-7-13-12(14)8-16-11/h2-5,11H,6-8H2,1H3,(H,13,14). The molecule has 4 heteroatoms. The quantitative estimate of drug-likeness (QED) is 0.819. The zero-order chi connectivity index (χ0) is 11.4. The lowest BCUT2D eigenvalue weighted by Gasteiger charge is -2.23. The van der Waals surface area contributed by atoms with Crippen LogP contribution in [0.2, 0.25) is 0 Å². The Kier molecular flexibility index (Phi) is 3.41. The summed E-state index contributed by atoms with van der Waals surface area (Å²) in [6.07, 6.45) is 0.885. The smallest absolute Gasteiger partial charge is 0.246 e. The third kappa shape index (κ3) is 2.73. The minimum absolute atomic E-state index is 0.0361. The van der Waals surface area contributed by atoms with Gasteiger partial charge in [-0.3, -0.25) is 4.79 Å². The summed E-state index contributed by atoms with van der Waals surface area (Å²) >= 11 is 0. The van der Waals surface area contributed by atoms with Crippen molar-refractivity contribution in [1.82, 2.24) is 5.32 Å². The Morgan fingerprint density at radius 3 is 2.75 bits per heavy atom. The second kappa shape index (κ2) is 4.99. The van der Waals surface area contributed by atoms with E-state index in [9.17, 15) is 4.79 Å². The molecule has 0 saturated carbocycles. The molecule has 16 heavy (non-hydrogen) atoms. The van der Waals surface area contributed by atoms with Crippen LogP contribution in [-0.4, -0.2) is 32.3 Å². The molecule has 1 atom stereocenters. The van der Waals surface area contributed by atoms with E-state index in [2.05, 4.69) is 5.32 Å². The SMILES string of the molecule is COc1ccc(CC2CNC(=O)CO2)cc1. The molecule has 0 radical (unpaired) electrons. The molecule has 2 rings (SSSR count). The minimum atomic E-state index is -0.0361. The molecule has 1 unspecified atom stereocenters. The summed E-state index contributed by atoms with van der Waals surface area (Å²) in [5.41, 5.74) is 1.18. The van der Waals surface area contributed by atoms with Crippen LogP contribution in [-0.2, 0) is 16.0 Å². The van der Waals surface area contributed by atoms with Gasteiger partial charge in [-0.05, 0) is 17.7 Å². The number of carbonyl (C=O) groups excluding carboxylic acids is 1. The molecule has 0 aliphatic carbocycles. The summed E-state index contributed by atoms with van der Waals surface area (Å²) in [6.45, 7) is 0.756. The predicted octanol–water partition coefficient (Wildman–Crippen LogP) is 0.753. The highest BCUT2D eigenvalue weighted by Gasteiger charge is 2.18. The maximum absolute atomic E-state index is 10.9. The number of rotatable bonds is 3. The van der Waals surface area contributed by atoms with Gasteiger partial charge in [0.05, 0.1) is 13.2 Å². The van der Waals surface area contributed by atoms with E-state index in [0.717, 1.165) is 12.2 Å². The highest BCUT2D eigenvalue weighted by molar-refractivity contribution is 5.77. The molecule has 1 aromatic carbocycles. The van der Waals surface area contributed by atoms with Crippen molar-refractivity contribution in [1.29, 1.82) is 0 Å². The molecule has 86 valence electrons. The van der Waals surface area contributed by atoms with E-state index in [1.165, 1.54) is 5.56 Å². The Balaban J connectivity index is 1.90. The van der Waals surface area contributed by atoms with Gasteiger partial charge in [-0.15, -0.1) is 0 Å². The van der Waals surface area contributed by atoms with E-state index in [1.54, 1.807) is 7.11 Å². The largest absolute Gasteiger partial charge is 0.497 e. The molecule has 1 N–H and O–H groups in total. The second-order valence-corrected chi connectivity index (χ2v) is 3.79. The molecule has 1 saturated heterocycles. The van der Waals surface area contributed by atoms with Gasteiger partial charge in [0, 0.05) is 13.0 Å². The number of ether oxygens (including phenoxy) is 2. The van der Waals surface area contributed by atoms with Crippen molar-refractivity contribution < 1.29 is 14.3 Å². The topological polar surface area (TPSA) is 47.6 Å². The summed E-state index contributed by atoms with van der Waals surface area (Å²) in [5, 5.41) is 2.79. The van der Waals surface area contributed by atoms with E-state index < -0.39 is 0 Å². The Labute approximate surface area is 94.6 Å². The van der Waals surface area contributed by atoms with Crippen molar-refractivity contribution in [2.24, 2.45) is 0 Å². The Bertz CT molecular complexity index is 351. The first-order valence-corrected chi connectivity index (χ1v) is 5.29. The van der Waals surface area contributed by atoms with E-state index >= 15 is 0 Å². The van der Waals surface area contributed by atoms with Gasteiger partial charge in [-0.1, -0.05) is 12.1 Å². The van der Waals surface area contributed by atoms with E-state index in [-0.39, 0.29) is 18.6 Å². The first kappa shape index (κ1) is 11.0. The van der Waals surface area contributed by atoms with Gasteiger partial charge in [0.25, 0.3) is 0 Å². The average molecular weight is 221 g/mol. The number of amides is 1. The zero-order valence-electron chi connectivity index (χ0n) is 9.23. The molecule has 0 aromatic heterocycles. The van der Waals surface area contributed by atoms with Crippen molar-refractivity contribution in [2.75, 3.05) is 20.3 Å². The average Bonchev–Trinajstić information content (AvgIpc) is 2.33. The van der Waals surface area contributed by atoms with Gasteiger partial charge < -0.3 is 14.8 Å². The highest BCUT2D eigenvalue weighted by Crippen LogP contribution is 2.14. The lowest BCUT2D eigenvalue weighted by molar-refractivity contribution is -0.133. The van der Waals surface area contributed by atoms with Crippen LogP contribution in [0.15, 0.2) is 24.3 Å². The third-order valence-corrected chi connectivity index (χ3v) is 2.60. The lowest BCUT2D eigenvalue weighted by atomic mass is 10.1. The van der Waals surface area contributed by atoms with Gasteiger partial charge in [-0.2, -0.15) is 0 Å². The molecule has 1 amide bonds. The van der Waals surface area contributed by atoms with E-state index in [4.69, 9.17) is 9.47 Å². The monoisotopic (exact) mass is 221 g/mol. The molecule has 1 heterocycles. The van der Waals surface area contributed by atoms with Crippen LogP contribution >= 0.6 is 0 Å². The number of nitrogens with one attached hydrogen (secondary N) is 1. The van der Waals surface area contributed by atoms with Crippen LogP contribution in [0.5, 0.6) is 5.75 Å². The molecular weight excluding hydrogens is 206 g/mol. The van der Waals surface area contributed by atoms with Crippen molar-refractivity contribution in [3.05, 3.63) is 29.8 Å². The van der Waals surface area contributed by atoms with Crippen molar-refractivity contribution in [2.45, 2.75) is 12.5 Å². The van der Waals surface area contributed by atoms with Gasteiger partial charge in [0.15, 0.2) is 0 Å². The molecule has 1 aliphatic heterocycles. The van der Waals surface area contributed by atoms with Crippen LogP contribution in [0.25, 0.3) is 0 Å². The number of morpholine rings is 1. The first-order valence-electron chi connectivity index (χ1n) is 5.29. The van der Waals surface area contributed by atoms with Crippen molar-refractivity contribution in [3.8, 4) is 5.75 Å². The fourth-order valence-corrected chi connectivity index (χ4v) is 1.69.